The van der Waals surface area contributed by atoms with E-state index in [1.165, 1.54) is 0 Å². The van der Waals surface area contributed by atoms with Crippen LogP contribution >= 0.6 is 0 Å². The molecule has 0 saturated heterocycles. The highest BCUT2D eigenvalue weighted by atomic mass is 16.5. The fourth-order valence-corrected chi connectivity index (χ4v) is 1.51. The Kier molecular flexibility index (Phi) is 2.11. The summed E-state index contributed by atoms with van der Waals surface area (Å²) in [5.74, 6) is 0.885. The van der Waals surface area contributed by atoms with Crippen molar-refractivity contribution in [3.05, 3.63) is 36.8 Å². The third-order valence-electron chi connectivity index (χ3n) is 2.35. The van der Waals surface area contributed by atoms with Gasteiger partial charge in [-0.05, 0) is 18.2 Å². The lowest BCUT2D eigenvalue weighted by molar-refractivity contribution is 0.432. The summed E-state index contributed by atoms with van der Waals surface area (Å²) in [5, 5.41) is 3.88. The van der Waals surface area contributed by atoms with Crippen molar-refractivity contribution in [1.82, 2.24) is 20.1 Å². The van der Waals surface area contributed by atoms with Crippen LogP contribution in [-0.4, -0.2) is 20.1 Å². The quantitative estimate of drug-likeness (QED) is 0.695. The Labute approximate surface area is 96.5 Å². The van der Waals surface area contributed by atoms with Gasteiger partial charge >= 0.3 is 0 Å². The van der Waals surface area contributed by atoms with Gasteiger partial charge in [0.2, 0.25) is 5.82 Å². The van der Waals surface area contributed by atoms with Gasteiger partial charge in [-0.2, -0.15) is 4.98 Å². The molecule has 6 nitrogen and oxygen atoms in total. The molecule has 0 saturated carbocycles. The number of aromatic amines is 1. The topological polar surface area (TPSA) is 93.6 Å². The van der Waals surface area contributed by atoms with Crippen LogP contribution in [0, 0.1) is 0 Å². The lowest BCUT2D eigenvalue weighted by Crippen LogP contribution is -1.90. The minimum Gasteiger partial charge on any atom is -0.397 e. The predicted molar refractivity (Wildman–Crippen MR) is 61.7 cm³/mol. The lowest BCUT2D eigenvalue weighted by atomic mass is 10.2. The zero-order valence-electron chi connectivity index (χ0n) is 8.79. The minimum atomic E-state index is 0.384. The largest absolute Gasteiger partial charge is 0.397 e. The molecule has 3 aromatic heterocycles. The Morgan fingerprint density at radius 2 is 2.24 bits per heavy atom. The van der Waals surface area contributed by atoms with E-state index in [0.717, 1.165) is 5.69 Å². The van der Waals surface area contributed by atoms with Crippen LogP contribution in [0.2, 0.25) is 0 Å². The van der Waals surface area contributed by atoms with E-state index in [9.17, 15) is 0 Å². The number of anilines is 1. The third kappa shape index (κ3) is 1.65. The van der Waals surface area contributed by atoms with Gasteiger partial charge in [0.05, 0.1) is 23.1 Å². The van der Waals surface area contributed by atoms with Crippen molar-refractivity contribution >= 4 is 5.69 Å². The van der Waals surface area contributed by atoms with Crippen LogP contribution in [0.25, 0.3) is 23.0 Å². The van der Waals surface area contributed by atoms with Gasteiger partial charge < -0.3 is 15.2 Å². The summed E-state index contributed by atoms with van der Waals surface area (Å²) in [6.45, 7) is 0. The molecule has 6 heteroatoms. The van der Waals surface area contributed by atoms with Gasteiger partial charge in [0, 0.05) is 12.4 Å². The molecule has 0 aliphatic carbocycles. The van der Waals surface area contributed by atoms with E-state index in [1.807, 2.05) is 12.1 Å². The molecule has 84 valence electrons. The molecule has 3 heterocycles. The van der Waals surface area contributed by atoms with Crippen LogP contribution in [0.3, 0.4) is 0 Å². The summed E-state index contributed by atoms with van der Waals surface area (Å²) in [6, 6.07) is 5.47. The van der Waals surface area contributed by atoms with Crippen LogP contribution in [0.15, 0.2) is 41.3 Å². The number of rotatable bonds is 2. The standard InChI is InChI=1S/C11H9N5O/c12-8-6-13-5-3-7(8)11-15-10(16-17-11)9-2-1-4-14-9/h1-6,14H,12H2. The first kappa shape index (κ1) is 9.59. The molecule has 3 N–H and O–H groups in total. The summed E-state index contributed by atoms with van der Waals surface area (Å²) < 4.78 is 5.17. The Balaban J connectivity index is 2.04. The Bertz CT molecular complexity index is 629. The van der Waals surface area contributed by atoms with E-state index < -0.39 is 0 Å². The number of nitrogens with one attached hydrogen (secondary N) is 1. The molecule has 0 aromatic carbocycles. The number of nitrogens with two attached hydrogens (primary N) is 1. The molecular weight excluding hydrogens is 218 g/mol. The van der Waals surface area contributed by atoms with Crippen molar-refractivity contribution in [2.75, 3.05) is 5.73 Å². The first-order chi connectivity index (χ1) is 8.34. The zero-order chi connectivity index (χ0) is 11.7. The van der Waals surface area contributed by atoms with E-state index >= 15 is 0 Å². The summed E-state index contributed by atoms with van der Waals surface area (Å²) in [6.07, 6.45) is 4.98. The summed E-state index contributed by atoms with van der Waals surface area (Å²) in [5.41, 5.74) is 7.78. The van der Waals surface area contributed by atoms with Crippen molar-refractivity contribution in [3.8, 4) is 23.0 Å². The highest BCUT2D eigenvalue weighted by molar-refractivity contribution is 5.69. The number of nitrogen functional groups attached to an aromatic ring is 1. The summed E-state index contributed by atoms with van der Waals surface area (Å²) >= 11 is 0. The van der Waals surface area contributed by atoms with Crippen molar-refractivity contribution in [1.29, 1.82) is 0 Å². The van der Waals surface area contributed by atoms with Gasteiger partial charge in [-0.25, -0.2) is 0 Å². The van der Waals surface area contributed by atoms with Crippen molar-refractivity contribution in [2.24, 2.45) is 0 Å². The lowest BCUT2D eigenvalue weighted by Gasteiger charge is -1.96. The number of hydrogen-bond acceptors (Lipinski definition) is 5. The number of hydrogen-bond donors (Lipinski definition) is 2. The molecule has 3 rings (SSSR count). The van der Waals surface area contributed by atoms with Crippen molar-refractivity contribution < 1.29 is 4.52 Å². The van der Waals surface area contributed by atoms with Crippen molar-refractivity contribution in [3.63, 3.8) is 0 Å². The van der Waals surface area contributed by atoms with Crippen LogP contribution in [0.5, 0.6) is 0 Å². The van der Waals surface area contributed by atoms with Crippen LogP contribution in [-0.2, 0) is 0 Å². The molecule has 0 spiro atoms. The van der Waals surface area contributed by atoms with E-state index in [2.05, 4.69) is 20.1 Å². The van der Waals surface area contributed by atoms with Crippen molar-refractivity contribution in [2.45, 2.75) is 0 Å². The molecular formula is C11H9N5O. The SMILES string of the molecule is Nc1cnccc1-c1nc(-c2ccc[nH]2)no1. The predicted octanol–water partition coefficient (Wildman–Crippen LogP) is 1.71. The molecule has 17 heavy (non-hydrogen) atoms. The smallest absolute Gasteiger partial charge is 0.260 e. The Morgan fingerprint density at radius 1 is 1.29 bits per heavy atom. The number of nitrogens with zero attached hydrogens (tertiary/aromatic N) is 3. The zero-order valence-corrected chi connectivity index (χ0v) is 8.79. The van der Waals surface area contributed by atoms with Gasteiger partial charge in [-0.15, -0.1) is 0 Å². The maximum absolute atomic E-state index is 5.78. The van der Waals surface area contributed by atoms with Gasteiger partial charge in [0.1, 0.15) is 0 Å². The van der Waals surface area contributed by atoms with E-state index in [0.29, 0.717) is 23.0 Å². The second-order valence-electron chi connectivity index (χ2n) is 3.47. The third-order valence-corrected chi connectivity index (χ3v) is 2.35. The molecule has 0 unspecified atom stereocenters. The van der Waals surface area contributed by atoms with Gasteiger partial charge in [-0.1, -0.05) is 5.16 Å². The summed E-state index contributed by atoms with van der Waals surface area (Å²) in [7, 11) is 0. The molecule has 0 amide bonds. The number of H-pyrrole nitrogens is 1. The molecule has 0 bridgehead atoms. The van der Waals surface area contributed by atoms with Gasteiger partial charge in [0.15, 0.2) is 0 Å². The van der Waals surface area contributed by atoms with Gasteiger partial charge in [0.25, 0.3) is 5.89 Å². The average Bonchev–Trinajstić information content (AvgIpc) is 3.00. The molecule has 0 atom stereocenters. The fraction of sp³-hybridized carbons (Fsp3) is 0. The fourth-order valence-electron chi connectivity index (χ4n) is 1.51. The molecule has 0 aliphatic heterocycles. The van der Waals surface area contributed by atoms with Crippen LogP contribution < -0.4 is 5.73 Å². The van der Waals surface area contributed by atoms with Crippen LogP contribution in [0.4, 0.5) is 5.69 Å². The van der Waals surface area contributed by atoms with Gasteiger partial charge in [-0.3, -0.25) is 4.98 Å². The second kappa shape index (κ2) is 3.75. The molecule has 0 radical (unpaired) electrons. The molecule has 0 fully saturated rings. The highest BCUT2D eigenvalue weighted by Gasteiger charge is 2.12. The average molecular weight is 227 g/mol. The van der Waals surface area contributed by atoms with E-state index in [4.69, 9.17) is 10.3 Å². The maximum atomic E-state index is 5.78. The monoisotopic (exact) mass is 227 g/mol. The first-order valence-electron chi connectivity index (χ1n) is 5.02. The second-order valence-corrected chi connectivity index (χ2v) is 3.47. The van der Waals surface area contributed by atoms with Crippen LogP contribution in [0.1, 0.15) is 0 Å². The minimum absolute atomic E-state index is 0.384. The maximum Gasteiger partial charge on any atom is 0.260 e. The number of aromatic nitrogens is 4. The first-order valence-corrected chi connectivity index (χ1v) is 5.02. The normalized spacial score (nSPS) is 10.6. The number of pyridine rings is 1. The Hall–Kier alpha value is -2.63. The summed E-state index contributed by atoms with van der Waals surface area (Å²) in [4.78, 5) is 11.2. The Morgan fingerprint density at radius 3 is 3.00 bits per heavy atom. The molecule has 3 aromatic rings. The van der Waals surface area contributed by atoms with E-state index in [1.54, 1.807) is 24.7 Å². The van der Waals surface area contributed by atoms with E-state index in [-0.39, 0.29) is 0 Å². The highest BCUT2D eigenvalue weighted by Crippen LogP contribution is 2.24. The molecule has 0 aliphatic rings.